The molecule has 0 saturated heterocycles. The molecule has 1 N–H and O–H groups in total. The lowest BCUT2D eigenvalue weighted by atomic mass is 10.2. The van der Waals surface area contributed by atoms with E-state index in [2.05, 4.69) is 25.1 Å². The molecule has 26 heavy (non-hydrogen) atoms. The van der Waals surface area contributed by atoms with Gasteiger partial charge in [0.25, 0.3) is 11.6 Å². The first-order chi connectivity index (χ1) is 12.6. The Kier molecular flexibility index (Phi) is 5.85. The van der Waals surface area contributed by atoms with Gasteiger partial charge in [0, 0.05) is 17.9 Å². The number of non-ortho nitro benzene ring substituents is 1. The number of aromatic nitrogens is 4. The molecule has 0 spiro atoms. The molecule has 0 radical (unpaired) electrons. The second-order valence-electron chi connectivity index (χ2n) is 4.95. The fourth-order valence-electron chi connectivity index (χ4n) is 1.99. The van der Waals surface area contributed by atoms with Crippen molar-refractivity contribution < 1.29 is 9.72 Å². The van der Waals surface area contributed by atoms with Gasteiger partial charge in [0.1, 0.15) is 4.88 Å². The van der Waals surface area contributed by atoms with Crippen molar-refractivity contribution in [1.29, 1.82) is 0 Å². The summed E-state index contributed by atoms with van der Waals surface area (Å²) in [4.78, 5) is 23.1. The van der Waals surface area contributed by atoms with E-state index >= 15 is 0 Å². The third-order valence-corrected chi connectivity index (χ3v) is 6.02. The molecule has 0 fully saturated rings. The molecule has 0 unspecified atom stereocenters. The van der Waals surface area contributed by atoms with E-state index in [9.17, 15) is 14.9 Å². The molecule has 2 aromatic heterocycles. The van der Waals surface area contributed by atoms with Crippen LogP contribution in [0.1, 0.15) is 27.9 Å². The van der Waals surface area contributed by atoms with Crippen LogP contribution in [0.3, 0.4) is 0 Å². The van der Waals surface area contributed by atoms with Crippen molar-refractivity contribution in [3.63, 3.8) is 0 Å². The maximum absolute atomic E-state index is 12.2. The molecule has 1 aromatic carbocycles. The van der Waals surface area contributed by atoms with Gasteiger partial charge >= 0.3 is 0 Å². The molecule has 12 heteroatoms. The van der Waals surface area contributed by atoms with Crippen molar-refractivity contribution in [3.8, 4) is 0 Å². The van der Waals surface area contributed by atoms with Gasteiger partial charge in [0.2, 0.25) is 5.13 Å². The number of aryl methyl sites for hydroxylation is 1. The Bertz CT molecular complexity index is 941. The summed E-state index contributed by atoms with van der Waals surface area (Å²) in [6.45, 7) is 1.90. The van der Waals surface area contributed by atoms with E-state index in [-0.39, 0.29) is 11.6 Å². The first-order valence-corrected chi connectivity index (χ1v) is 9.96. The van der Waals surface area contributed by atoms with E-state index < -0.39 is 4.92 Å². The van der Waals surface area contributed by atoms with Crippen LogP contribution in [0.25, 0.3) is 0 Å². The summed E-state index contributed by atoms with van der Waals surface area (Å²) in [5.41, 5.74) is 1.52. The summed E-state index contributed by atoms with van der Waals surface area (Å²) in [6, 6.07) is 6.44. The maximum atomic E-state index is 12.2. The van der Waals surface area contributed by atoms with E-state index in [1.165, 1.54) is 35.2 Å². The summed E-state index contributed by atoms with van der Waals surface area (Å²) in [5, 5.41) is 25.8. The molecule has 3 rings (SSSR count). The van der Waals surface area contributed by atoms with Crippen molar-refractivity contribution in [3.05, 3.63) is 50.5 Å². The summed E-state index contributed by atoms with van der Waals surface area (Å²) in [7, 11) is 0. The van der Waals surface area contributed by atoms with Gasteiger partial charge in [0.05, 0.1) is 10.6 Å². The molecule has 0 aliphatic rings. The number of rotatable bonds is 7. The number of hydrogen-bond acceptors (Lipinski definition) is 10. The molecular weight excluding hydrogens is 396 g/mol. The highest BCUT2D eigenvalue weighted by Crippen LogP contribution is 2.29. The van der Waals surface area contributed by atoms with Gasteiger partial charge in [-0.25, -0.2) is 0 Å². The van der Waals surface area contributed by atoms with E-state index in [0.29, 0.717) is 32.2 Å². The zero-order chi connectivity index (χ0) is 18.5. The molecule has 134 valence electrons. The quantitative estimate of drug-likeness (QED) is 0.273. The first-order valence-electron chi connectivity index (χ1n) is 7.39. The van der Waals surface area contributed by atoms with Crippen molar-refractivity contribution in [2.45, 2.75) is 23.4 Å². The lowest BCUT2D eigenvalue weighted by Crippen LogP contribution is -2.12. The van der Waals surface area contributed by atoms with E-state index in [0.717, 1.165) is 17.1 Å². The fraction of sp³-hybridized carbons (Fsp3) is 0.214. The van der Waals surface area contributed by atoms with Gasteiger partial charge in [0.15, 0.2) is 4.34 Å². The van der Waals surface area contributed by atoms with Gasteiger partial charge in [-0.1, -0.05) is 46.6 Å². The maximum Gasteiger partial charge on any atom is 0.271 e. The first kappa shape index (κ1) is 18.4. The smallest absolute Gasteiger partial charge is 0.271 e. The zero-order valence-electron chi connectivity index (χ0n) is 13.4. The summed E-state index contributed by atoms with van der Waals surface area (Å²) in [5.74, 6) is 0.214. The number of amides is 1. The molecule has 0 bridgehead atoms. The summed E-state index contributed by atoms with van der Waals surface area (Å²) < 4.78 is 4.45. The average Bonchev–Trinajstić information content (AvgIpc) is 3.29. The SMILES string of the molecule is CCc1nnsc1C(=O)Nc1nnc(SCc2cccc([N+](=O)[O-])c2)s1. The highest BCUT2D eigenvalue weighted by atomic mass is 32.2. The Hall–Kier alpha value is -2.44. The summed E-state index contributed by atoms with van der Waals surface area (Å²) in [6.07, 6.45) is 0.625. The van der Waals surface area contributed by atoms with Gasteiger partial charge in [-0.3, -0.25) is 20.2 Å². The lowest BCUT2D eigenvalue weighted by molar-refractivity contribution is -0.384. The third kappa shape index (κ3) is 4.39. The second-order valence-corrected chi connectivity index (χ2v) is 7.90. The number of thioether (sulfide) groups is 1. The molecule has 0 atom stereocenters. The van der Waals surface area contributed by atoms with E-state index in [1.54, 1.807) is 6.07 Å². The standard InChI is InChI=1S/C14H12N6O3S3/c1-2-10-11(26-19-16-10)12(21)15-13-17-18-14(25-13)24-7-8-4-3-5-9(6-8)20(22)23/h3-6H,2,7H2,1H3,(H,15,17,21). The van der Waals surface area contributed by atoms with Crippen LogP contribution in [-0.4, -0.2) is 30.6 Å². The summed E-state index contributed by atoms with van der Waals surface area (Å²) >= 11 is 3.68. The lowest BCUT2D eigenvalue weighted by Gasteiger charge is -1.99. The highest BCUT2D eigenvalue weighted by molar-refractivity contribution is 8.00. The normalized spacial score (nSPS) is 10.7. The van der Waals surface area contributed by atoms with Crippen molar-refractivity contribution in [1.82, 2.24) is 19.8 Å². The van der Waals surface area contributed by atoms with Crippen molar-refractivity contribution in [2.24, 2.45) is 0 Å². The minimum atomic E-state index is -0.425. The topological polar surface area (TPSA) is 124 Å². The predicted octanol–water partition coefficient (Wildman–Crippen LogP) is 3.40. The number of carbonyl (C=O) groups excluding carboxylic acids is 1. The Morgan fingerprint density at radius 1 is 1.35 bits per heavy atom. The molecule has 0 aliphatic heterocycles. The Morgan fingerprint density at radius 2 is 2.19 bits per heavy atom. The van der Waals surface area contributed by atoms with Gasteiger partial charge in [-0.15, -0.1) is 15.3 Å². The van der Waals surface area contributed by atoms with Gasteiger partial charge < -0.3 is 0 Å². The van der Waals surface area contributed by atoms with Crippen LogP contribution in [-0.2, 0) is 12.2 Å². The van der Waals surface area contributed by atoms with Crippen molar-refractivity contribution in [2.75, 3.05) is 5.32 Å². The van der Waals surface area contributed by atoms with Gasteiger partial charge in [-0.2, -0.15) is 0 Å². The number of benzene rings is 1. The number of nitro groups is 1. The van der Waals surface area contributed by atoms with Crippen LogP contribution in [0, 0.1) is 10.1 Å². The van der Waals surface area contributed by atoms with Crippen LogP contribution in [0.15, 0.2) is 28.6 Å². The Labute approximate surface area is 160 Å². The minimum absolute atomic E-state index is 0.0539. The minimum Gasteiger partial charge on any atom is -0.296 e. The van der Waals surface area contributed by atoms with Crippen molar-refractivity contribution >= 4 is 51.4 Å². The molecule has 9 nitrogen and oxygen atoms in total. The second kappa shape index (κ2) is 8.29. The largest absolute Gasteiger partial charge is 0.296 e. The zero-order valence-corrected chi connectivity index (χ0v) is 15.9. The number of nitrogens with one attached hydrogen (secondary N) is 1. The predicted molar refractivity (Wildman–Crippen MR) is 99.8 cm³/mol. The van der Waals surface area contributed by atoms with Crippen LogP contribution in [0.4, 0.5) is 10.8 Å². The van der Waals surface area contributed by atoms with Crippen LogP contribution >= 0.6 is 34.6 Å². The molecule has 0 aliphatic carbocycles. The molecule has 1 amide bonds. The van der Waals surface area contributed by atoms with Gasteiger partial charge in [-0.05, 0) is 23.5 Å². The average molecular weight is 408 g/mol. The molecule has 2 heterocycles. The Morgan fingerprint density at radius 3 is 2.96 bits per heavy atom. The third-order valence-electron chi connectivity index (χ3n) is 3.21. The number of nitrogens with zero attached hydrogens (tertiary/aromatic N) is 5. The number of nitro benzene ring substituents is 1. The fourth-order valence-corrected chi connectivity index (χ4v) is 4.33. The van der Waals surface area contributed by atoms with E-state index in [4.69, 9.17) is 0 Å². The number of carbonyl (C=O) groups is 1. The molecule has 0 saturated carbocycles. The number of anilines is 1. The molecular formula is C14H12N6O3S3. The van der Waals surface area contributed by atoms with Crippen LogP contribution in [0.5, 0.6) is 0 Å². The Balaban J connectivity index is 1.60. The van der Waals surface area contributed by atoms with E-state index in [1.807, 2.05) is 13.0 Å². The molecule has 3 aromatic rings. The monoisotopic (exact) mass is 408 g/mol. The number of hydrogen-bond donors (Lipinski definition) is 1. The van der Waals surface area contributed by atoms with Crippen LogP contribution < -0.4 is 5.32 Å². The van der Waals surface area contributed by atoms with Crippen LogP contribution in [0.2, 0.25) is 0 Å². The highest BCUT2D eigenvalue weighted by Gasteiger charge is 2.17.